The number of hydrogen-bond acceptors (Lipinski definition) is 4. The molecule has 2 saturated carbocycles. The van der Waals surface area contributed by atoms with Crippen molar-refractivity contribution in [2.75, 3.05) is 11.4 Å². The van der Waals surface area contributed by atoms with Gasteiger partial charge in [-0.3, -0.25) is 19.1 Å². The molecule has 14 heteroatoms. The topological polar surface area (TPSA) is 96.3 Å². The summed E-state index contributed by atoms with van der Waals surface area (Å²) in [5.41, 5.74) is -3.58. The molecule has 0 unspecified atom stereocenters. The maximum atomic E-state index is 14.9. The number of carbonyl (C=O) groups is 2. The number of aromatic nitrogens is 2. The molecule has 1 spiro atoms. The van der Waals surface area contributed by atoms with Gasteiger partial charge in [0.1, 0.15) is 28.9 Å². The number of pyridine rings is 2. The van der Waals surface area contributed by atoms with Gasteiger partial charge in [0.25, 0.3) is 5.91 Å². The van der Waals surface area contributed by atoms with Crippen molar-refractivity contribution in [2.45, 2.75) is 43.4 Å². The number of nitrogens with one attached hydrogen (secondary N) is 2. The second-order valence-corrected chi connectivity index (χ2v) is 10.1. The van der Waals surface area contributed by atoms with Crippen LogP contribution < -0.4 is 21.0 Å². The Balaban J connectivity index is 1.52. The lowest BCUT2D eigenvalue weighted by Gasteiger charge is -2.22. The minimum absolute atomic E-state index is 0.0305. The van der Waals surface area contributed by atoms with E-state index in [2.05, 4.69) is 10.3 Å². The average Bonchev–Trinajstić information content (AvgIpc) is 3.77. The van der Waals surface area contributed by atoms with Crippen LogP contribution in [0.4, 0.5) is 37.0 Å². The fourth-order valence-corrected chi connectivity index (χ4v) is 4.88. The lowest BCUT2D eigenvalue weighted by molar-refractivity contribution is -0.158. The molecule has 39 heavy (non-hydrogen) atoms. The molecular weight excluding hydrogens is 532 g/mol. The predicted molar refractivity (Wildman–Crippen MR) is 125 cm³/mol. The largest absolute Gasteiger partial charge is 0.408 e. The molecule has 6 rings (SSSR count). The van der Waals surface area contributed by atoms with Crippen molar-refractivity contribution >= 4 is 28.8 Å². The van der Waals surface area contributed by atoms with E-state index in [1.54, 1.807) is 0 Å². The van der Waals surface area contributed by atoms with E-state index in [0.717, 1.165) is 12.8 Å². The zero-order valence-electron chi connectivity index (χ0n) is 19.9. The van der Waals surface area contributed by atoms with Crippen LogP contribution in [-0.4, -0.2) is 45.8 Å². The number of benzene rings is 1. The van der Waals surface area contributed by atoms with Crippen molar-refractivity contribution in [3.63, 3.8) is 0 Å². The van der Waals surface area contributed by atoms with Crippen LogP contribution in [0, 0.1) is 23.4 Å². The van der Waals surface area contributed by atoms with Gasteiger partial charge in [-0.15, -0.1) is 0 Å². The Morgan fingerprint density at radius 2 is 1.77 bits per heavy atom. The van der Waals surface area contributed by atoms with Crippen molar-refractivity contribution < 1.29 is 35.9 Å². The molecule has 1 atom stereocenters. The Hall–Kier alpha value is -4.10. The van der Waals surface area contributed by atoms with E-state index < -0.39 is 75.4 Å². The number of anilines is 1. The Labute approximate surface area is 215 Å². The molecule has 0 bridgehead atoms. The van der Waals surface area contributed by atoms with Gasteiger partial charge in [-0.05, 0) is 43.7 Å². The van der Waals surface area contributed by atoms with Gasteiger partial charge in [-0.2, -0.15) is 13.2 Å². The molecule has 1 aromatic carbocycles. The van der Waals surface area contributed by atoms with Gasteiger partial charge >= 0.3 is 12.2 Å². The lowest BCUT2D eigenvalue weighted by atomic mass is 10.1. The van der Waals surface area contributed by atoms with Gasteiger partial charge in [0.15, 0.2) is 17.3 Å². The third-order valence-electron chi connectivity index (χ3n) is 7.24. The van der Waals surface area contributed by atoms with Crippen LogP contribution in [0.15, 0.2) is 35.3 Å². The summed E-state index contributed by atoms with van der Waals surface area (Å²) in [6.45, 7) is 0.258. The molecule has 3 heterocycles. The zero-order valence-corrected chi connectivity index (χ0v) is 19.9. The molecule has 3 amide bonds. The highest BCUT2D eigenvalue weighted by Crippen LogP contribution is 2.41. The summed E-state index contributed by atoms with van der Waals surface area (Å²) in [5, 5.41) is 4.30. The highest BCUT2D eigenvalue weighted by Gasteiger charge is 2.52. The first kappa shape index (κ1) is 25.2. The summed E-state index contributed by atoms with van der Waals surface area (Å²) < 4.78 is 84.7. The third-order valence-corrected chi connectivity index (χ3v) is 7.24. The van der Waals surface area contributed by atoms with Crippen molar-refractivity contribution in [1.82, 2.24) is 20.2 Å². The smallest absolute Gasteiger partial charge is 0.340 e. The molecule has 3 aliphatic rings. The Morgan fingerprint density at radius 3 is 2.33 bits per heavy atom. The van der Waals surface area contributed by atoms with Crippen LogP contribution in [0.2, 0.25) is 0 Å². The maximum Gasteiger partial charge on any atom is 0.408 e. The second kappa shape index (κ2) is 8.45. The minimum atomic E-state index is -4.78. The van der Waals surface area contributed by atoms with Gasteiger partial charge in [-0.1, -0.05) is 0 Å². The number of urea groups is 1. The van der Waals surface area contributed by atoms with E-state index in [-0.39, 0.29) is 30.6 Å². The van der Waals surface area contributed by atoms with Gasteiger partial charge < -0.3 is 10.6 Å². The number of amides is 3. The number of fused-ring (bicyclic) bond motifs is 1. The first-order valence-corrected chi connectivity index (χ1v) is 12.1. The average molecular weight is 551 g/mol. The van der Waals surface area contributed by atoms with Crippen LogP contribution in [-0.2, 0) is 0 Å². The monoisotopic (exact) mass is 551 g/mol. The van der Waals surface area contributed by atoms with Gasteiger partial charge in [0.05, 0.1) is 17.5 Å². The minimum Gasteiger partial charge on any atom is -0.340 e. The van der Waals surface area contributed by atoms with E-state index in [9.17, 15) is 40.7 Å². The third kappa shape index (κ3) is 4.36. The number of rotatable bonds is 5. The van der Waals surface area contributed by atoms with Crippen molar-refractivity contribution in [3.8, 4) is 5.69 Å². The predicted octanol–water partition coefficient (Wildman–Crippen LogP) is 3.94. The Morgan fingerprint density at radius 1 is 1.10 bits per heavy atom. The lowest BCUT2D eigenvalue weighted by Crippen LogP contribution is -2.48. The fraction of sp³-hybridized carbons (Fsp3) is 0.360. The molecule has 8 nitrogen and oxygen atoms in total. The van der Waals surface area contributed by atoms with E-state index in [0.29, 0.717) is 22.9 Å². The molecule has 3 fully saturated rings. The number of alkyl halides is 3. The van der Waals surface area contributed by atoms with Crippen LogP contribution in [0.5, 0.6) is 0 Å². The van der Waals surface area contributed by atoms with Crippen molar-refractivity contribution in [1.29, 1.82) is 0 Å². The Bertz CT molecular complexity index is 1590. The van der Waals surface area contributed by atoms with Crippen LogP contribution >= 0.6 is 0 Å². The fourth-order valence-electron chi connectivity index (χ4n) is 4.88. The molecule has 3 aromatic rings. The van der Waals surface area contributed by atoms with Gasteiger partial charge in [0.2, 0.25) is 5.43 Å². The van der Waals surface area contributed by atoms with Crippen LogP contribution in [0.3, 0.4) is 0 Å². The first-order valence-electron chi connectivity index (χ1n) is 12.1. The first-order chi connectivity index (χ1) is 18.4. The normalized spacial score (nSPS) is 18.9. The molecule has 1 aliphatic heterocycles. The molecule has 204 valence electrons. The summed E-state index contributed by atoms with van der Waals surface area (Å²) in [4.78, 5) is 44.3. The molecule has 2 aromatic heterocycles. The highest BCUT2D eigenvalue weighted by molar-refractivity contribution is 5.99. The quantitative estimate of drug-likeness (QED) is 0.470. The highest BCUT2D eigenvalue weighted by atomic mass is 19.4. The SMILES string of the molecule is O=C(N[C@@H](C1CC1)C(F)(F)F)c1cn(-c2c(F)cc(F)cc2F)c2nc(N3CC4(CC4)NC3=O)ccc2c1=O. The second-order valence-electron chi connectivity index (χ2n) is 10.1. The molecule has 0 radical (unpaired) electrons. The van der Waals surface area contributed by atoms with E-state index >= 15 is 0 Å². The molecule has 2 aliphatic carbocycles. The van der Waals surface area contributed by atoms with E-state index in [1.807, 2.05) is 5.32 Å². The van der Waals surface area contributed by atoms with Crippen molar-refractivity contribution in [3.05, 3.63) is 63.7 Å². The number of carbonyl (C=O) groups excluding carboxylic acids is 2. The number of halogens is 6. The standard InChI is InChI=1S/C25H19F6N5O3/c26-12-7-15(27)18(16(28)8-12)35-9-14(22(38)33-20(11-1-2-11)25(29,30)31)19(37)13-3-4-17(32-21(13)35)36-10-24(5-6-24)34-23(36)39/h3-4,7-9,11,20H,1-2,5-6,10H2,(H,33,38)(H,34,39)/t20-/m0/s1. The summed E-state index contributed by atoms with van der Waals surface area (Å²) in [6.07, 6.45) is -2.15. The molecule has 2 N–H and O–H groups in total. The van der Waals surface area contributed by atoms with Crippen molar-refractivity contribution in [2.24, 2.45) is 5.92 Å². The van der Waals surface area contributed by atoms with Crippen LogP contribution in [0.25, 0.3) is 16.7 Å². The maximum absolute atomic E-state index is 14.9. The molecule has 1 saturated heterocycles. The van der Waals surface area contributed by atoms with Gasteiger partial charge in [-0.25, -0.2) is 22.9 Å². The summed E-state index contributed by atoms with van der Waals surface area (Å²) >= 11 is 0. The number of nitrogens with zero attached hydrogens (tertiary/aromatic N) is 3. The summed E-state index contributed by atoms with van der Waals surface area (Å²) in [6, 6.07) is 0.502. The van der Waals surface area contributed by atoms with E-state index in [4.69, 9.17) is 0 Å². The molecular formula is C25H19F6N5O3. The van der Waals surface area contributed by atoms with Gasteiger partial charge in [0, 0.05) is 18.3 Å². The Kier molecular flexibility index (Phi) is 5.46. The summed E-state index contributed by atoms with van der Waals surface area (Å²) in [5.74, 6) is -6.30. The van der Waals surface area contributed by atoms with Crippen LogP contribution in [0.1, 0.15) is 36.0 Å². The number of hydrogen-bond donors (Lipinski definition) is 2. The zero-order chi connectivity index (χ0) is 27.9. The van der Waals surface area contributed by atoms with E-state index in [1.165, 1.54) is 17.0 Å². The summed E-state index contributed by atoms with van der Waals surface area (Å²) in [7, 11) is 0.